The SMILES string of the molecule is CC(O)CCN(C)C(=O)[C@@H]1CCCCN1. The minimum Gasteiger partial charge on any atom is -0.393 e. The zero-order chi connectivity index (χ0) is 11.3. The van der Waals surface area contributed by atoms with E-state index in [-0.39, 0.29) is 18.1 Å². The molecule has 2 N–H and O–H groups in total. The van der Waals surface area contributed by atoms with E-state index >= 15 is 0 Å². The molecule has 0 radical (unpaired) electrons. The van der Waals surface area contributed by atoms with Gasteiger partial charge in [0.05, 0.1) is 12.1 Å². The van der Waals surface area contributed by atoms with E-state index in [2.05, 4.69) is 5.32 Å². The zero-order valence-electron chi connectivity index (χ0n) is 9.70. The lowest BCUT2D eigenvalue weighted by atomic mass is 10.0. The van der Waals surface area contributed by atoms with Crippen molar-refractivity contribution < 1.29 is 9.90 Å². The number of hydrogen-bond acceptors (Lipinski definition) is 3. The van der Waals surface area contributed by atoms with E-state index in [1.165, 1.54) is 6.42 Å². The maximum Gasteiger partial charge on any atom is 0.239 e. The number of amides is 1. The molecule has 1 heterocycles. The monoisotopic (exact) mass is 214 g/mol. The highest BCUT2D eigenvalue weighted by molar-refractivity contribution is 5.81. The molecule has 88 valence electrons. The summed E-state index contributed by atoms with van der Waals surface area (Å²) in [6.45, 7) is 3.33. The molecule has 1 fully saturated rings. The second-order valence-corrected chi connectivity index (χ2v) is 4.40. The average Bonchev–Trinajstić information content (AvgIpc) is 2.26. The Labute approximate surface area is 91.6 Å². The van der Waals surface area contributed by atoms with Gasteiger partial charge in [0, 0.05) is 13.6 Å². The van der Waals surface area contributed by atoms with Gasteiger partial charge in [-0.1, -0.05) is 6.42 Å². The molecule has 0 bridgehead atoms. The summed E-state index contributed by atoms with van der Waals surface area (Å²) in [5, 5.41) is 12.4. The van der Waals surface area contributed by atoms with Crippen molar-refractivity contribution in [3.8, 4) is 0 Å². The van der Waals surface area contributed by atoms with Gasteiger partial charge in [0.2, 0.25) is 5.91 Å². The summed E-state index contributed by atoms with van der Waals surface area (Å²) >= 11 is 0. The molecule has 0 saturated carbocycles. The number of likely N-dealkylation sites (N-methyl/N-ethyl adjacent to an activating group) is 1. The fourth-order valence-corrected chi connectivity index (χ4v) is 1.82. The predicted octanol–water partition coefficient (Wildman–Crippen LogP) is 0.358. The van der Waals surface area contributed by atoms with E-state index in [9.17, 15) is 4.79 Å². The third-order valence-corrected chi connectivity index (χ3v) is 2.87. The molecule has 0 spiro atoms. The van der Waals surface area contributed by atoms with Crippen LogP contribution in [0.15, 0.2) is 0 Å². The van der Waals surface area contributed by atoms with Crippen molar-refractivity contribution in [1.29, 1.82) is 0 Å². The summed E-state index contributed by atoms with van der Waals surface area (Å²) < 4.78 is 0. The minimum absolute atomic E-state index is 0.00208. The van der Waals surface area contributed by atoms with Crippen molar-refractivity contribution in [3.63, 3.8) is 0 Å². The third-order valence-electron chi connectivity index (χ3n) is 2.87. The van der Waals surface area contributed by atoms with Crippen LogP contribution in [0.3, 0.4) is 0 Å². The van der Waals surface area contributed by atoms with E-state index in [4.69, 9.17) is 5.11 Å². The second-order valence-electron chi connectivity index (χ2n) is 4.40. The van der Waals surface area contributed by atoms with Crippen LogP contribution in [0, 0.1) is 0 Å². The number of carbonyl (C=O) groups is 1. The summed E-state index contributed by atoms with van der Waals surface area (Å²) in [5.74, 6) is 0.162. The lowest BCUT2D eigenvalue weighted by molar-refractivity contribution is -0.132. The number of nitrogens with one attached hydrogen (secondary N) is 1. The highest BCUT2D eigenvalue weighted by atomic mass is 16.3. The van der Waals surface area contributed by atoms with E-state index in [1.54, 1.807) is 18.9 Å². The fourth-order valence-electron chi connectivity index (χ4n) is 1.82. The Morgan fingerprint density at radius 3 is 2.87 bits per heavy atom. The Hall–Kier alpha value is -0.610. The molecule has 0 aliphatic carbocycles. The highest BCUT2D eigenvalue weighted by Gasteiger charge is 2.23. The van der Waals surface area contributed by atoms with Gasteiger partial charge in [-0.15, -0.1) is 0 Å². The number of rotatable bonds is 4. The standard InChI is InChI=1S/C11H22N2O2/c1-9(14)6-8-13(2)11(15)10-5-3-4-7-12-10/h9-10,12,14H,3-8H2,1-2H3/t9?,10-/m0/s1. The van der Waals surface area contributed by atoms with Crippen LogP contribution in [-0.4, -0.2) is 48.2 Å². The van der Waals surface area contributed by atoms with Gasteiger partial charge in [-0.2, -0.15) is 0 Å². The van der Waals surface area contributed by atoms with Gasteiger partial charge in [0.25, 0.3) is 0 Å². The van der Waals surface area contributed by atoms with Crippen LogP contribution in [-0.2, 0) is 4.79 Å². The molecule has 2 atom stereocenters. The number of aliphatic hydroxyl groups is 1. The number of nitrogens with zero attached hydrogens (tertiary/aromatic N) is 1. The Kier molecular flexibility index (Phi) is 5.05. The lowest BCUT2D eigenvalue weighted by Crippen LogP contribution is -2.47. The van der Waals surface area contributed by atoms with Crippen molar-refractivity contribution in [2.75, 3.05) is 20.1 Å². The van der Waals surface area contributed by atoms with E-state index < -0.39 is 0 Å². The molecule has 1 unspecified atom stereocenters. The number of aliphatic hydroxyl groups excluding tert-OH is 1. The zero-order valence-corrected chi connectivity index (χ0v) is 9.70. The summed E-state index contributed by atoms with van der Waals surface area (Å²) in [5.41, 5.74) is 0. The largest absolute Gasteiger partial charge is 0.393 e. The van der Waals surface area contributed by atoms with Crippen molar-refractivity contribution in [2.24, 2.45) is 0 Å². The van der Waals surface area contributed by atoms with Crippen LogP contribution in [0.25, 0.3) is 0 Å². The molecular formula is C11H22N2O2. The molecular weight excluding hydrogens is 192 g/mol. The first-order valence-electron chi connectivity index (χ1n) is 5.77. The molecule has 1 amide bonds. The normalized spacial score (nSPS) is 23.5. The molecule has 4 nitrogen and oxygen atoms in total. The van der Waals surface area contributed by atoms with Gasteiger partial charge in [0.15, 0.2) is 0 Å². The first-order chi connectivity index (χ1) is 7.11. The minimum atomic E-state index is -0.334. The van der Waals surface area contributed by atoms with Crippen LogP contribution in [0.2, 0.25) is 0 Å². The van der Waals surface area contributed by atoms with Gasteiger partial charge in [-0.05, 0) is 32.7 Å². The molecule has 0 aromatic carbocycles. The summed E-state index contributed by atoms with van der Waals surface area (Å²) in [4.78, 5) is 13.6. The van der Waals surface area contributed by atoms with Crippen LogP contribution < -0.4 is 5.32 Å². The summed E-state index contributed by atoms with van der Waals surface area (Å²) in [6.07, 6.45) is 3.56. The maximum absolute atomic E-state index is 11.9. The second kappa shape index (κ2) is 6.08. The van der Waals surface area contributed by atoms with E-state index in [0.717, 1.165) is 19.4 Å². The van der Waals surface area contributed by atoms with E-state index in [0.29, 0.717) is 13.0 Å². The van der Waals surface area contributed by atoms with Gasteiger partial charge >= 0.3 is 0 Å². The molecule has 1 saturated heterocycles. The van der Waals surface area contributed by atoms with Crippen LogP contribution >= 0.6 is 0 Å². The van der Waals surface area contributed by atoms with Crippen molar-refractivity contribution in [3.05, 3.63) is 0 Å². The van der Waals surface area contributed by atoms with Crippen molar-refractivity contribution in [2.45, 2.75) is 44.8 Å². The van der Waals surface area contributed by atoms with Gasteiger partial charge in [-0.25, -0.2) is 0 Å². The first-order valence-corrected chi connectivity index (χ1v) is 5.77. The fraction of sp³-hybridized carbons (Fsp3) is 0.909. The predicted molar refractivity (Wildman–Crippen MR) is 59.6 cm³/mol. The Morgan fingerprint density at radius 2 is 2.33 bits per heavy atom. The molecule has 1 rings (SSSR count). The summed E-state index contributed by atoms with van der Waals surface area (Å²) in [6, 6.07) is -0.00208. The van der Waals surface area contributed by atoms with Gasteiger partial charge < -0.3 is 15.3 Å². The first kappa shape index (κ1) is 12.5. The molecule has 15 heavy (non-hydrogen) atoms. The van der Waals surface area contributed by atoms with Crippen LogP contribution in [0.5, 0.6) is 0 Å². The topological polar surface area (TPSA) is 52.6 Å². The van der Waals surface area contributed by atoms with Gasteiger partial charge in [-0.3, -0.25) is 4.79 Å². The molecule has 0 aromatic heterocycles. The lowest BCUT2D eigenvalue weighted by Gasteiger charge is -2.27. The molecule has 1 aliphatic heterocycles. The highest BCUT2D eigenvalue weighted by Crippen LogP contribution is 2.09. The Bertz CT molecular complexity index is 201. The number of carbonyl (C=O) groups excluding carboxylic acids is 1. The van der Waals surface area contributed by atoms with Crippen LogP contribution in [0.4, 0.5) is 0 Å². The Morgan fingerprint density at radius 1 is 1.60 bits per heavy atom. The van der Waals surface area contributed by atoms with Crippen molar-refractivity contribution >= 4 is 5.91 Å². The van der Waals surface area contributed by atoms with Crippen molar-refractivity contribution in [1.82, 2.24) is 10.2 Å². The third kappa shape index (κ3) is 4.18. The number of piperidine rings is 1. The average molecular weight is 214 g/mol. The quantitative estimate of drug-likeness (QED) is 0.710. The molecule has 0 aromatic rings. The van der Waals surface area contributed by atoms with E-state index in [1.807, 2.05) is 0 Å². The number of hydrogen-bond donors (Lipinski definition) is 2. The maximum atomic E-state index is 11.9. The molecule has 1 aliphatic rings. The molecule has 4 heteroatoms. The van der Waals surface area contributed by atoms with Crippen LogP contribution in [0.1, 0.15) is 32.6 Å². The Balaban J connectivity index is 2.30. The smallest absolute Gasteiger partial charge is 0.239 e. The summed E-state index contributed by atoms with van der Waals surface area (Å²) in [7, 11) is 1.81. The van der Waals surface area contributed by atoms with Gasteiger partial charge in [0.1, 0.15) is 0 Å².